The smallest absolute Gasteiger partial charge is 0.409 e. The molecule has 1 unspecified atom stereocenters. The average Bonchev–Trinajstić information content (AvgIpc) is 3.15. The molecule has 2 atom stereocenters. The molecule has 0 radical (unpaired) electrons. The van der Waals surface area contributed by atoms with Gasteiger partial charge in [-0.3, -0.25) is 4.79 Å². The van der Waals surface area contributed by atoms with Gasteiger partial charge in [-0.2, -0.15) is 18.3 Å². The molecule has 1 saturated heterocycles. The van der Waals surface area contributed by atoms with Crippen molar-refractivity contribution in [3.8, 4) is 22.7 Å². The molecule has 5 rings (SSSR count). The Hall–Kier alpha value is -2.75. The third-order valence-corrected chi connectivity index (χ3v) is 7.66. The minimum atomic E-state index is -4.69. The SMILES string of the molecule is O=C(NC([C@H]1CCCOc2c1nn(-c1ccccc1Cl)c2-c1ccc(Cl)cc1)C(F)(F)F)C1CCNCC1. The molecule has 1 aromatic heterocycles. The molecule has 2 N–H and O–H groups in total. The maximum atomic E-state index is 14.6. The summed E-state index contributed by atoms with van der Waals surface area (Å²) in [5, 5.41) is 11.1. The average molecular weight is 567 g/mol. The number of fused-ring (bicyclic) bond motifs is 1. The molecule has 2 aliphatic heterocycles. The molecule has 11 heteroatoms. The predicted molar refractivity (Wildman–Crippen MR) is 140 cm³/mol. The maximum Gasteiger partial charge on any atom is 0.409 e. The van der Waals surface area contributed by atoms with Crippen LogP contribution in [-0.4, -0.2) is 47.6 Å². The third-order valence-electron chi connectivity index (χ3n) is 7.09. The fourth-order valence-corrected chi connectivity index (χ4v) is 5.51. The zero-order chi connectivity index (χ0) is 26.9. The first kappa shape index (κ1) is 26.8. The zero-order valence-electron chi connectivity index (χ0n) is 20.4. The Bertz CT molecular complexity index is 1290. The molecule has 2 aliphatic rings. The number of ether oxygens (including phenoxy) is 1. The first-order chi connectivity index (χ1) is 18.2. The molecule has 38 heavy (non-hydrogen) atoms. The number of piperidine rings is 1. The Morgan fingerprint density at radius 2 is 1.79 bits per heavy atom. The molecule has 0 bridgehead atoms. The molecular formula is C27H27Cl2F3N4O2. The lowest BCUT2D eigenvalue weighted by Crippen LogP contribution is -2.52. The fourth-order valence-electron chi connectivity index (χ4n) is 5.17. The van der Waals surface area contributed by atoms with Gasteiger partial charge in [0.2, 0.25) is 5.91 Å². The number of aromatic nitrogens is 2. The topological polar surface area (TPSA) is 68.2 Å². The first-order valence-electron chi connectivity index (χ1n) is 12.6. The van der Waals surface area contributed by atoms with Gasteiger partial charge in [0, 0.05) is 22.4 Å². The number of rotatable bonds is 5. The highest BCUT2D eigenvalue weighted by Crippen LogP contribution is 2.46. The minimum absolute atomic E-state index is 0.139. The number of nitrogens with one attached hydrogen (secondary N) is 2. The highest BCUT2D eigenvalue weighted by atomic mass is 35.5. The van der Waals surface area contributed by atoms with Crippen molar-refractivity contribution in [3.63, 3.8) is 0 Å². The molecule has 1 fully saturated rings. The number of carbonyl (C=O) groups is 1. The van der Waals surface area contributed by atoms with Crippen LogP contribution in [0.4, 0.5) is 13.2 Å². The quantitative estimate of drug-likeness (QED) is 0.388. The number of halogens is 5. The second kappa shape index (κ2) is 11.2. The highest BCUT2D eigenvalue weighted by molar-refractivity contribution is 6.32. The van der Waals surface area contributed by atoms with E-state index in [0.29, 0.717) is 59.3 Å². The second-order valence-electron chi connectivity index (χ2n) is 9.58. The van der Waals surface area contributed by atoms with E-state index in [1.165, 1.54) is 4.68 Å². The molecular weight excluding hydrogens is 540 g/mol. The van der Waals surface area contributed by atoms with Crippen molar-refractivity contribution in [2.75, 3.05) is 19.7 Å². The Balaban J connectivity index is 1.63. The van der Waals surface area contributed by atoms with Gasteiger partial charge in [0.05, 0.1) is 17.3 Å². The van der Waals surface area contributed by atoms with Crippen LogP contribution >= 0.6 is 23.2 Å². The van der Waals surface area contributed by atoms with Crippen molar-refractivity contribution < 1.29 is 22.7 Å². The van der Waals surface area contributed by atoms with Crippen LogP contribution in [0.2, 0.25) is 10.0 Å². The van der Waals surface area contributed by atoms with Crippen molar-refractivity contribution in [2.45, 2.75) is 43.8 Å². The van der Waals surface area contributed by atoms with E-state index in [2.05, 4.69) is 15.7 Å². The molecule has 3 aromatic rings. The van der Waals surface area contributed by atoms with Gasteiger partial charge >= 0.3 is 6.18 Å². The molecule has 0 spiro atoms. The zero-order valence-corrected chi connectivity index (χ0v) is 21.9. The summed E-state index contributed by atoms with van der Waals surface area (Å²) in [6, 6.07) is 11.8. The van der Waals surface area contributed by atoms with Gasteiger partial charge in [-0.25, -0.2) is 4.68 Å². The number of alkyl halides is 3. The lowest BCUT2D eigenvalue weighted by molar-refractivity contribution is -0.168. The third kappa shape index (κ3) is 5.51. The van der Waals surface area contributed by atoms with Crippen LogP contribution in [0.5, 0.6) is 5.75 Å². The standard InChI is InChI=1S/C27H27Cl2F3N4O2/c28-18-9-7-16(8-10-18)23-24-22(35-36(23)21-6-2-1-5-20(21)29)19(4-3-15-38-24)25(27(30,31)32)34-26(37)17-11-13-33-14-12-17/h1-2,5-10,17,19,25,33H,3-4,11-15H2,(H,34,37)/t19-,25?/m0/s1. The van der Waals surface area contributed by atoms with Crippen molar-refractivity contribution >= 4 is 29.1 Å². The van der Waals surface area contributed by atoms with Crippen LogP contribution in [0.15, 0.2) is 48.5 Å². The van der Waals surface area contributed by atoms with Gasteiger partial charge in [-0.1, -0.05) is 47.5 Å². The number of hydrogen-bond acceptors (Lipinski definition) is 4. The number of amides is 1. The molecule has 2 aromatic carbocycles. The van der Waals surface area contributed by atoms with Crippen LogP contribution in [0.3, 0.4) is 0 Å². The summed E-state index contributed by atoms with van der Waals surface area (Å²) in [7, 11) is 0. The summed E-state index contributed by atoms with van der Waals surface area (Å²) in [4.78, 5) is 13.0. The number of carbonyl (C=O) groups excluding carboxylic acids is 1. The molecule has 6 nitrogen and oxygen atoms in total. The van der Waals surface area contributed by atoms with Crippen LogP contribution in [0.1, 0.15) is 37.3 Å². The summed E-state index contributed by atoms with van der Waals surface area (Å²) in [6.45, 7) is 1.41. The number of nitrogens with zero attached hydrogens (tertiary/aromatic N) is 2. The van der Waals surface area contributed by atoms with Crippen LogP contribution < -0.4 is 15.4 Å². The lowest BCUT2D eigenvalue weighted by Gasteiger charge is -2.31. The normalized spacial score (nSPS) is 19.2. The van der Waals surface area contributed by atoms with Gasteiger partial charge in [0.25, 0.3) is 0 Å². The molecule has 1 amide bonds. The Morgan fingerprint density at radius 3 is 2.47 bits per heavy atom. The van der Waals surface area contributed by atoms with Crippen LogP contribution in [-0.2, 0) is 4.79 Å². The largest absolute Gasteiger partial charge is 0.489 e. The van der Waals surface area contributed by atoms with E-state index in [1.54, 1.807) is 48.5 Å². The van der Waals surface area contributed by atoms with E-state index in [1.807, 2.05) is 0 Å². The van der Waals surface area contributed by atoms with E-state index in [9.17, 15) is 18.0 Å². The van der Waals surface area contributed by atoms with Crippen molar-refractivity contribution in [1.82, 2.24) is 20.4 Å². The van der Waals surface area contributed by atoms with Crippen molar-refractivity contribution in [1.29, 1.82) is 0 Å². The molecule has 3 heterocycles. The van der Waals surface area contributed by atoms with E-state index in [-0.39, 0.29) is 24.5 Å². The summed E-state index contributed by atoms with van der Waals surface area (Å²) < 4.78 is 51.3. The van der Waals surface area contributed by atoms with Gasteiger partial charge in [0.15, 0.2) is 5.75 Å². The van der Waals surface area contributed by atoms with E-state index in [0.717, 1.165) is 0 Å². The van der Waals surface area contributed by atoms with Gasteiger partial charge in [-0.05, 0) is 63.0 Å². The Kier molecular flexibility index (Phi) is 7.88. The van der Waals surface area contributed by atoms with Gasteiger partial charge in [0.1, 0.15) is 17.4 Å². The molecule has 202 valence electrons. The monoisotopic (exact) mass is 566 g/mol. The summed E-state index contributed by atoms with van der Waals surface area (Å²) in [5.41, 5.74) is 1.77. The van der Waals surface area contributed by atoms with Gasteiger partial charge in [-0.15, -0.1) is 0 Å². The highest BCUT2D eigenvalue weighted by Gasteiger charge is 2.49. The number of para-hydroxylation sites is 1. The number of hydrogen-bond donors (Lipinski definition) is 2. The predicted octanol–water partition coefficient (Wildman–Crippen LogP) is 6.15. The van der Waals surface area contributed by atoms with E-state index in [4.69, 9.17) is 27.9 Å². The minimum Gasteiger partial charge on any atom is -0.489 e. The Morgan fingerprint density at radius 1 is 1.08 bits per heavy atom. The van der Waals surface area contributed by atoms with Crippen LogP contribution in [0.25, 0.3) is 16.9 Å². The van der Waals surface area contributed by atoms with E-state index < -0.39 is 30.0 Å². The second-order valence-corrected chi connectivity index (χ2v) is 10.4. The fraction of sp³-hybridized carbons (Fsp3) is 0.407. The van der Waals surface area contributed by atoms with Crippen LogP contribution in [0, 0.1) is 5.92 Å². The first-order valence-corrected chi connectivity index (χ1v) is 13.3. The summed E-state index contributed by atoms with van der Waals surface area (Å²) >= 11 is 12.6. The van der Waals surface area contributed by atoms with Gasteiger partial charge < -0.3 is 15.4 Å². The molecule has 0 saturated carbocycles. The summed E-state index contributed by atoms with van der Waals surface area (Å²) in [6.07, 6.45) is -3.18. The maximum absolute atomic E-state index is 14.6. The lowest BCUT2D eigenvalue weighted by atomic mass is 9.89. The molecule has 0 aliphatic carbocycles. The van der Waals surface area contributed by atoms with Crippen molar-refractivity contribution in [3.05, 3.63) is 64.3 Å². The summed E-state index contributed by atoms with van der Waals surface area (Å²) in [5.74, 6) is -1.94. The number of benzene rings is 2. The van der Waals surface area contributed by atoms with Crippen molar-refractivity contribution in [2.24, 2.45) is 5.92 Å². The Labute approximate surface area is 228 Å². The van der Waals surface area contributed by atoms with E-state index >= 15 is 0 Å².